The highest BCUT2D eigenvalue weighted by Gasteiger charge is 1.49. The lowest BCUT2D eigenvalue weighted by molar-refractivity contribution is 0.352. The van der Waals surface area contributed by atoms with Gasteiger partial charge in [0.2, 0.25) is 0 Å². The SMILES string of the molecule is O=S(=O)([O-])[O-].[B]. The Morgan fingerprint density at radius 1 is 1.17 bits per heavy atom. The summed E-state index contributed by atoms with van der Waals surface area (Å²) < 4.78 is 34.1. The Balaban J connectivity index is 0. The van der Waals surface area contributed by atoms with Crippen molar-refractivity contribution in [3.05, 3.63) is 0 Å². The van der Waals surface area contributed by atoms with Gasteiger partial charge in [-0.3, -0.25) is 8.42 Å². The average Bonchev–Trinajstić information content (AvgIpc) is 0.722. The molecule has 0 bridgehead atoms. The summed E-state index contributed by atoms with van der Waals surface area (Å²) in [6, 6.07) is 0. The van der Waals surface area contributed by atoms with Crippen LogP contribution in [0.3, 0.4) is 0 Å². The summed E-state index contributed by atoms with van der Waals surface area (Å²) >= 11 is 0. The molecule has 0 N–H and O–H groups in total. The van der Waals surface area contributed by atoms with E-state index >= 15 is 0 Å². The first-order chi connectivity index (χ1) is 2.00. The molecule has 6 heteroatoms. The first-order valence-corrected chi connectivity index (χ1v) is 2.00. The summed E-state index contributed by atoms with van der Waals surface area (Å²) in [7, 11) is -5.17. The van der Waals surface area contributed by atoms with Gasteiger partial charge >= 0.3 is 0 Å². The van der Waals surface area contributed by atoms with E-state index < -0.39 is 10.4 Å². The molecule has 0 saturated carbocycles. The predicted octanol–water partition coefficient (Wildman–Crippen LogP) is -1.72. The van der Waals surface area contributed by atoms with Crippen LogP contribution in [0.5, 0.6) is 0 Å². The quantitative estimate of drug-likeness (QED) is 0.209. The molecule has 0 aromatic carbocycles. The monoisotopic (exact) mass is 107 g/mol. The van der Waals surface area contributed by atoms with E-state index in [9.17, 15) is 0 Å². The number of hydrogen-bond acceptors (Lipinski definition) is 4. The molecular formula is BO4S-2. The molecule has 35 valence electrons. The van der Waals surface area contributed by atoms with E-state index in [2.05, 4.69) is 0 Å². The molecule has 0 atom stereocenters. The fourth-order valence-electron chi connectivity index (χ4n) is 0. The van der Waals surface area contributed by atoms with Crippen molar-refractivity contribution in [2.45, 2.75) is 0 Å². The Hall–Kier alpha value is -0.0651. The molecule has 0 aromatic rings. The summed E-state index contributed by atoms with van der Waals surface area (Å²) in [6.07, 6.45) is 0. The molecule has 4 nitrogen and oxygen atoms in total. The molecule has 0 amide bonds. The van der Waals surface area contributed by atoms with Crippen molar-refractivity contribution in [3.63, 3.8) is 0 Å². The van der Waals surface area contributed by atoms with Crippen LogP contribution in [0.4, 0.5) is 0 Å². The zero-order chi connectivity index (χ0) is 4.50. The number of rotatable bonds is 0. The Bertz CT molecular complexity index is 90.7. The molecule has 6 heavy (non-hydrogen) atoms. The third-order valence-electron chi connectivity index (χ3n) is 0. The normalized spacial score (nSPS) is 9.67. The van der Waals surface area contributed by atoms with Gasteiger partial charge in [0.1, 0.15) is 0 Å². The van der Waals surface area contributed by atoms with Gasteiger partial charge in [0.25, 0.3) is 0 Å². The first-order valence-electron chi connectivity index (χ1n) is 0.667. The van der Waals surface area contributed by atoms with E-state index in [1.54, 1.807) is 0 Å². The molecular weight excluding hydrogens is 107 g/mol. The lowest BCUT2D eigenvalue weighted by atomic mass is 10.8. The standard InChI is InChI=1S/B.H2O4S/c;1-5(2,3)4/h;(H2,1,2,3,4)/p-2. The fourth-order valence-corrected chi connectivity index (χ4v) is 0. The molecule has 0 unspecified atom stereocenters. The van der Waals surface area contributed by atoms with Gasteiger partial charge < -0.3 is 9.11 Å². The van der Waals surface area contributed by atoms with Crippen molar-refractivity contribution in [2.75, 3.05) is 0 Å². The van der Waals surface area contributed by atoms with Gasteiger partial charge in [-0.1, -0.05) is 0 Å². The van der Waals surface area contributed by atoms with E-state index in [-0.39, 0.29) is 8.41 Å². The van der Waals surface area contributed by atoms with Crippen molar-refractivity contribution < 1.29 is 17.5 Å². The minimum Gasteiger partial charge on any atom is -0.759 e. The van der Waals surface area contributed by atoms with Gasteiger partial charge in [-0.2, -0.15) is 0 Å². The first kappa shape index (κ1) is 9.33. The second-order valence-corrected chi connectivity index (χ2v) is 1.22. The van der Waals surface area contributed by atoms with Gasteiger partial charge in [-0.15, -0.1) is 0 Å². The minimum absolute atomic E-state index is 0. The smallest absolute Gasteiger partial charge is 0.0311 e. The van der Waals surface area contributed by atoms with Crippen molar-refractivity contribution in [2.24, 2.45) is 0 Å². The maximum absolute atomic E-state index is 8.52. The highest BCUT2D eigenvalue weighted by atomic mass is 32.3. The van der Waals surface area contributed by atoms with Crippen LogP contribution in [-0.4, -0.2) is 25.9 Å². The second kappa shape index (κ2) is 2.17. The van der Waals surface area contributed by atoms with E-state index in [1.165, 1.54) is 0 Å². The Kier molecular flexibility index (Phi) is 3.38. The Labute approximate surface area is 37.3 Å². The van der Waals surface area contributed by atoms with Crippen LogP contribution in [0.25, 0.3) is 0 Å². The van der Waals surface area contributed by atoms with Gasteiger partial charge in [-0.05, 0) is 0 Å². The molecule has 0 rings (SSSR count). The van der Waals surface area contributed by atoms with Crippen molar-refractivity contribution in [3.8, 4) is 0 Å². The third kappa shape index (κ3) is 8010. The Morgan fingerprint density at radius 3 is 1.17 bits per heavy atom. The third-order valence-corrected chi connectivity index (χ3v) is 0. The molecule has 0 aromatic heterocycles. The van der Waals surface area contributed by atoms with Crippen LogP contribution in [0.1, 0.15) is 0 Å². The maximum Gasteiger partial charge on any atom is 0.0311 e. The van der Waals surface area contributed by atoms with Gasteiger partial charge in [-0.25, -0.2) is 0 Å². The van der Waals surface area contributed by atoms with Crippen LogP contribution >= 0.6 is 0 Å². The molecule has 0 saturated heterocycles. The van der Waals surface area contributed by atoms with Crippen LogP contribution in [0.15, 0.2) is 0 Å². The lowest BCUT2D eigenvalue weighted by Gasteiger charge is -2.06. The lowest BCUT2D eigenvalue weighted by Crippen LogP contribution is -1.91. The van der Waals surface area contributed by atoms with Crippen molar-refractivity contribution in [1.82, 2.24) is 0 Å². The van der Waals surface area contributed by atoms with Gasteiger partial charge in [0.15, 0.2) is 0 Å². The zero-order valence-electron chi connectivity index (χ0n) is 2.62. The largest absolute Gasteiger partial charge is 0.759 e. The zero-order valence-corrected chi connectivity index (χ0v) is 3.44. The second-order valence-electron chi connectivity index (χ2n) is 0.408. The molecule has 0 fully saturated rings. The average molecular weight is 107 g/mol. The van der Waals surface area contributed by atoms with E-state index in [0.717, 1.165) is 0 Å². The topological polar surface area (TPSA) is 80.3 Å². The van der Waals surface area contributed by atoms with E-state index in [1.807, 2.05) is 0 Å². The summed E-state index contributed by atoms with van der Waals surface area (Å²) in [6.45, 7) is 0. The van der Waals surface area contributed by atoms with Gasteiger partial charge in [0, 0.05) is 18.8 Å². The molecule has 0 spiro atoms. The van der Waals surface area contributed by atoms with Crippen LogP contribution in [0, 0.1) is 0 Å². The molecule has 3 radical (unpaired) electrons. The fraction of sp³-hybridized carbons (Fsp3) is 0. The summed E-state index contributed by atoms with van der Waals surface area (Å²) in [5, 5.41) is 0. The van der Waals surface area contributed by atoms with Crippen LogP contribution in [0.2, 0.25) is 0 Å². The molecule has 0 aliphatic carbocycles. The molecule has 0 heterocycles. The summed E-state index contributed by atoms with van der Waals surface area (Å²) in [4.78, 5) is 0. The highest BCUT2D eigenvalue weighted by molar-refractivity contribution is 7.79. The Morgan fingerprint density at radius 2 is 1.17 bits per heavy atom. The number of hydrogen-bond donors (Lipinski definition) is 0. The summed E-state index contributed by atoms with van der Waals surface area (Å²) in [5.74, 6) is 0. The summed E-state index contributed by atoms with van der Waals surface area (Å²) in [5.41, 5.74) is 0. The van der Waals surface area contributed by atoms with Gasteiger partial charge in [0.05, 0.1) is 0 Å². The van der Waals surface area contributed by atoms with E-state index in [0.29, 0.717) is 0 Å². The minimum atomic E-state index is -5.17. The molecule has 0 aliphatic rings. The van der Waals surface area contributed by atoms with E-state index in [4.69, 9.17) is 17.5 Å². The molecule has 0 aliphatic heterocycles. The van der Waals surface area contributed by atoms with Crippen molar-refractivity contribution in [1.29, 1.82) is 0 Å². The predicted molar refractivity (Wildman–Crippen MR) is 16.2 cm³/mol. The van der Waals surface area contributed by atoms with Crippen LogP contribution < -0.4 is 0 Å². The van der Waals surface area contributed by atoms with Crippen molar-refractivity contribution >= 4 is 18.8 Å². The highest BCUT2D eigenvalue weighted by Crippen LogP contribution is 1.57. The van der Waals surface area contributed by atoms with Crippen LogP contribution in [-0.2, 0) is 10.4 Å². The maximum atomic E-state index is 8.52.